The van der Waals surface area contributed by atoms with Crippen molar-refractivity contribution in [1.29, 1.82) is 0 Å². The summed E-state index contributed by atoms with van der Waals surface area (Å²) in [6, 6.07) is 5.59. The average molecular weight is 247 g/mol. The van der Waals surface area contributed by atoms with Gasteiger partial charge in [0.2, 0.25) is 5.91 Å². The fraction of sp³-hybridized carbons (Fsp3) is 0.385. The van der Waals surface area contributed by atoms with Gasteiger partial charge in [-0.1, -0.05) is 0 Å². The minimum atomic E-state index is -0.0981. The van der Waals surface area contributed by atoms with Crippen LogP contribution in [0.2, 0.25) is 0 Å². The monoisotopic (exact) mass is 247 g/mol. The van der Waals surface area contributed by atoms with E-state index in [2.05, 4.69) is 10.6 Å². The molecule has 1 saturated heterocycles. The van der Waals surface area contributed by atoms with Crippen LogP contribution in [0.3, 0.4) is 0 Å². The molecule has 1 aromatic carbocycles. The molecule has 1 aliphatic rings. The molecule has 0 bridgehead atoms. The van der Waals surface area contributed by atoms with Gasteiger partial charge in [-0.25, -0.2) is 0 Å². The second-order valence-electron chi connectivity index (χ2n) is 4.36. The lowest BCUT2D eigenvalue weighted by Crippen LogP contribution is -2.50. The molecule has 2 N–H and O–H groups in total. The Morgan fingerprint density at radius 1 is 1.44 bits per heavy atom. The van der Waals surface area contributed by atoms with E-state index >= 15 is 0 Å². The predicted octanol–water partition coefficient (Wildman–Crippen LogP) is 0.609. The van der Waals surface area contributed by atoms with Crippen molar-refractivity contribution >= 4 is 17.5 Å². The molecule has 0 radical (unpaired) electrons. The first-order valence-electron chi connectivity index (χ1n) is 5.96. The number of nitrogens with one attached hydrogen (secondary N) is 2. The van der Waals surface area contributed by atoms with E-state index in [0.717, 1.165) is 11.3 Å². The van der Waals surface area contributed by atoms with Crippen LogP contribution in [0.5, 0.6) is 0 Å². The quantitative estimate of drug-likeness (QED) is 0.805. The van der Waals surface area contributed by atoms with E-state index in [4.69, 9.17) is 0 Å². The largest absolute Gasteiger partial charge is 0.388 e. The minimum Gasteiger partial charge on any atom is -0.388 e. The summed E-state index contributed by atoms with van der Waals surface area (Å²) < 4.78 is 0. The van der Waals surface area contributed by atoms with Gasteiger partial charge in [0.05, 0.1) is 6.54 Å². The molecular weight excluding hydrogens is 230 g/mol. The van der Waals surface area contributed by atoms with Crippen molar-refractivity contribution in [3.63, 3.8) is 0 Å². The maximum atomic E-state index is 12.3. The number of nitrogens with zero attached hydrogens (tertiary/aromatic N) is 1. The Kier molecular flexibility index (Phi) is 3.50. The van der Waals surface area contributed by atoms with Gasteiger partial charge in [-0.15, -0.1) is 0 Å². The van der Waals surface area contributed by atoms with Crippen molar-refractivity contribution in [2.24, 2.45) is 0 Å². The third-order valence-electron chi connectivity index (χ3n) is 3.07. The van der Waals surface area contributed by atoms with Crippen molar-refractivity contribution in [1.82, 2.24) is 10.2 Å². The molecule has 1 heterocycles. The molecule has 2 rings (SSSR count). The molecule has 0 atom stereocenters. The first-order valence-corrected chi connectivity index (χ1v) is 5.96. The Bertz CT molecular complexity index is 485. The molecule has 5 nitrogen and oxygen atoms in total. The zero-order valence-electron chi connectivity index (χ0n) is 10.6. The Balaban J connectivity index is 2.20. The van der Waals surface area contributed by atoms with E-state index in [-0.39, 0.29) is 18.4 Å². The van der Waals surface area contributed by atoms with Crippen molar-refractivity contribution in [3.8, 4) is 0 Å². The number of hydrogen-bond acceptors (Lipinski definition) is 3. The van der Waals surface area contributed by atoms with Crippen LogP contribution in [0.4, 0.5) is 5.69 Å². The van der Waals surface area contributed by atoms with Gasteiger partial charge in [-0.3, -0.25) is 9.59 Å². The lowest BCUT2D eigenvalue weighted by Gasteiger charge is -2.27. The van der Waals surface area contributed by atoms with E-state index in [0.29, 0.717) is 18.7 Å². The van der Waals surface area contributed by atoms with Crippen LogP contribution in [0.1, 0.15) is 15.9 Å². The standard InChI is InChI=1S/C13H17N3O2/c1-9-7-10(14-2)3-4-11(9)13(18)16-6-5-15-12(17)8-16/h3-4,7,14H,5-6,8H2,1-2H3,(H,15,17). The lowest BCUT2D eigenvalue weighted by atomic mass is 10.1. The highest BCUT2D eigenvalue weighted by Gasteiger charge is 2.23. The highest BCUT2D eigenvalue weighted by Crippen LogP contribution is 2.16. The molecule has 1 fully saturated rings. The number of benzene rings is 1. The smallest absolute Gasteiger partial charge is 0.254 e. The van der Waals surface area contributed by atoms with Gasteiger partial charge in [0, 0.05) is 31.4 Å². The molecule has 2 amide bonds. The summed E-state index contributed by atoms with van der Waals surface area (Å²) in [6.07, 6.45) is 0. The number of hydrogen-bond donors (Lipinski definition) is 2. The van der Waals surface area contributed by atoms with E-state index in [1.807, 2.05) is 26.1 Å². The van der Waals surface area contributed by atoms with Crippen LogP contribution >= 0.6 is 0 Å². The zero-order valence-corrected chi connectivity index (χ0v) is 10.6. The SMILES string of the molecule is CNc1ccc(C(=O)N2CCNC(=O)C2)c(C)c1. The Hall–Kier alpha value is -2.04. The summed E-state index contributed by atoms with van der Waals surface area (Å²) in [5, 5.41) is 5.74. The second-order valence-corrected chi connectivity index (χ2v) is 4.36. The molecule has 0 aliphatic carbocycles. The summed E-state index contributed by atoms with van der Waals surface area (Å²) in [7, 11) is 1.84. The van der Waals surface area contributed by atoms with E-state index < -0.39 is 0 Å². The number of piperazine rings is 1. The maximum absolute atomic E-state index is 12.3. The molecule has 5 heteroatoms. The normalized spacial score (nSPS) is 15.2. The average Bonchev–Trinajstić information content (AvgIpc) is 2.37. The zero-order chi connectivity index (χ0) is 13.1. The van der Waals surface area contributed by atoms with Crippen LogP contribution in [0.15, 0.2) is 18.2 Å². The van der Waals surface area contributed by atoms with Crippen molar-refractivity contribution in [2.45, 2.75) is 6.92 Å². The number of carbonyl (C=O) groups excluding carboxylic acids is 2. The highest BCUT2D eigenvalue weighted by molar-refractivity contribution is 5.98. The fourth-order valence-electron chi connectivity index (χ4n) is 2.04. The van der Waals surface area contributed by atoms with Gasteiger partial charge in [-0.2, -0.15) is 0 Å². The number of aryl methyl sites for hydroxylation is 1. The summed E-state index contributed by atoms with van der Waals surface area (Å²) in [6.45, 7) is 3.14. The molecule has 0 spiro atoms. The minimum absolute atomic E-state index is 0.0787. The van der Waals surface area contributed by atoms with Crippen LogP contribution in [-0.4, -0.2) is 43.4 Å². The van der Waals surface area contributed by atoms with Crippen LogP contribution in [0.25, 0.3) is 0 Å². The number of carbonyl (C=O) groups is 2. The first-order chi connectivity index (χ1) is 8.61. The van der Waals surface area contributed by atoms with Crippen molar-refractivity contribution < 1.29 is 9.59 Å². The van der Waals surface area contributed by atoms with Gasteiger partial charge in [0.15, 0.2) is 0 Å². The van der Waals surface area contributed by atoms with Gasteiger partial charge < -0.3 is 15.5 Å². The number of amides is 2. The number of anilines is 1. The highest BCUT2D eigenvalue weighted by atomic mass is 16.2. The summed E-state index contributed by atoms with van der Waals surface area (Å²) >= 11 is 0. The van der Waals surface area contributed by atoms with Crippen molar-refractivity contribution in [3.05, 3.63) is 29.3 Å². The lowest BCUT2D eigenvalue weighted by molar-refractivity contribution is -0.123. The molecule has 1 aliphatic heterocycles. The summed E-state index contributed by atoms with van der Waals surface area (Å²) in [5.41, 5.74) is 2.54. The number of rotatable bonds is 2. The van der Waals surface area contributed by atoms with E-state index in [1.54, 1.807) is 11.0 Å². The molecule has 0 aromatic heterocycles. The van der Waals surface area contributed by atoms with Gasteiger partial charge in [0.1, 0.15) is 0 Å². The second kappa shape index (κ2) is 5.08. The van der Waals surface area contributed by atoms with Gasteiger partial charge in [-0.05, 0) is 30.7 Å². The topological polar surface area (TPSA) is 61.4 Å². The van der Waals surface area contributed by atoms with Crippen LogP contribution in [0, 0.1) is 6.92 Å². The summed E-state index contributed by atoms with van der Waals surface area (Å²) in [4.78, 5) is 25.2. The third-order valence-corrected chi connectivity index (χ3v) is 3.07. The Labute approximate surface area is 106 Å². The molecule has 1 aromatic rings. The maximum Gasteiger partial charge on any atom is 0.254 e. The van der Waals surface area contributed by atoms with E-state index in [9.17, 15) is 9.59 Å². The van der Waals surface area contributed by atoms with Crippen LogP contribution in [-0.2, 0) is 4.79 Å². The van der Waals surface area contributed by atoms with E-state index in [1.165, 1.54) is 0 Å². The Morgan fingerprint density at radius 2 is 2.22 bits per heavy atom. The van der Waals surface area contributed by atoms with Gasteiger partial charge in [0.25, 0.3) is 5.91 Å². The first kappa shape index (κ1) is 12.4. The predicted molar refractivity (Wildman–Crippen MR) is 69.6 cm³/mol. The Morgan fingerprint density at radius 3 is 2.83 bits per heavy atom. The van der Waals surface area contributed by atoms with Gasteiger partial charge >= 0.3 is 0 Å². The van der Waals surface area contributed by atoms with Crippen molar-refractivity contribution in [2.75, 3.05) is 32.0 Å². The fourth-order valence-corrected chi connectivity index (χ4v) is 2.04. The third kappa shape index (κ3) is 2.45. The molecule has 0 saturated carbocycles. The molecule has 18 heavy (non-hydrogen) atoms. The van der Waals surface area contributed by atoms with Crippen LogP contribution < -0.4 is 10.6 Å². The molecular formula is C13H17N3O2. The molecule has 0 unspecified atom stereocenters. The summed E-state index contributed by atoms with van der Waals surface area (Å²) in [5.74, 6) is -0.177. The molecule has 96 valence electrons.